The monoisotopic (exact) mass is 484 g/mol. The average molecular weight is 485 g/mol. The van der Waals surface area contributed by atoms with E-state index in [9.17, 15) is 14.0 Å². The Labute approximate surface area is 199 Å². The number of nitrogens with one attached hydrogen (secondary N) is 1. The lowest BCUT2D eigenvalue weighted by Gasteiger charge is -2.16. The van der Waals surface area contributed by atoms with Crippen LogP contribution in [0.1, 0.15) is 19.9 Å². The molecule has 1 N–H and O–H groups in total. The molecule has 0 bridgehead atoms. The number of aromatic nitrogens is 3. The topological polar surface area (TPSA) is 68.9 Å². The fourth-order valence-corrected chi connectivity index (χ4v) is 4.76. The van der Waals surface area contributed by atoms with E-state index in [-0.39, 0.29) is 28.3 Å². The van der Waals surface area contributed by atoms with Gasteiger partial charge in [0.25, 0.3) is 5.56 Å². The minimum Gasteiger partial charge on any atom is -0.344 e. The number of anilines is 1. The van der Waals surface area contributed by atoms with Gasteiger partial charge < -0.3 is 9.88 Å². The molecule has 2 aromatic heterocycles. The zero-order valence-electron chi connectivity index (χ0n) is 18.3. The molecule has 0 aliphatic carbocycles. The summed E-state index contributed by atoms with van der Waals surface area (Å²) in [4.78, 5) is 30.8. The zero-order chi connectivity index (χ0) is 23.7. The molecule has 0 atom stereocenters. The molecule has 0 aliphatic heterocycles. The van der Waals surface area contributed by atoms with Gasteiger partial charge in [0.1, 0.15) is 16.9 Å². The number of amides is 1. The summed E-state index contributed by atoms with van der Waals surface area (Å²) in [6.07, 6.45) is 1.90. The minimum atomic E-state index is -0.483. The molecule has 0 saturated carbocycles. The summed E-state index contributed by atoms with van der Waals surface area (Å²) in [6.45, 7) is 3.80. The van der Waals surface area contributed by atoms with Crippen LogP contribution in [-0.2, 0) is 11.8 Å². The van der Waals surface area contributed by atoms with E-state index in [2.05, 4.69) is 5.32 Å². The number of hydrogen-bond acceptors (Lipinski definition) is 4. The number of aryl methyl sites for hydroxylation is 1. The van der Waals surface area contributed by atoms with Crippen LogP contribution in [0.3, 0.4) is 0 Å². The lowest BCUT2D eigenvalue weighted by Crippen LogP contribution is -2.26. The van der Waals surface area contributed by atoms with Crippen molar-refractivity contribution < 1.29 is 9.18 Å². The summed E-state index contributed by atoms with van der Waals surface area (Å²) >= 11 is 7.17. The van der Waals surface area contributed by atoms with Gasteiger partial charge in [-0.3, -0.25) is 14.2 Å². The van der Waals surface area contributed by atoms with Gasteiger partial charge in [0.05, 0.1) is 16.5 Å². The van der Waals surface area contributed by atoms with Crippen LogP contribution in [0.25, 0.3) is 22.2 Å². The van der Waals surface area contributed by atoms with Crippen molar-refractivity contribution in [1.29, 1.82) is 0 Å². The number of benzene rings is 2. The number of thioether (sulfide) groups is 1. The van der Waals surface area contributed by atoms with Crippen LogP contribution in [0.5, 0.6) is 0 Å². The van der Waals surface area contributed by atoms with Crippen LogP contribution >= 0.6 is 23.4 Å². The Morgan fingerprint density at radius 3 is 2.61 bits per heavy atom. The first-order valence-electron chi connectivity index (χ1n) is 10.3. The van der Waals surface area contributed by atoms with E-state index < -0.39 is 5.82 Å². The lowest BCUT2D eigenvalue weighted by molar-refractivity contribution is -0.113. The maximum Gasteiger partial charge on any atom is 0.278 e. The number of hydrogen-bond donors (Lipinski definition) is 1. The average Bonchev–Trinajstić information content (AvgIpc) is 3.11. The SMILES string of the molecule is CC(C)n1c(SCC(=O)Nc2ccc(F)cc2Cl)nc2c(-c3ccccc3)cn(C)c2c1=O. The van der Waals surface area contributed by atoms with Crippen LogP contribution in [-0.4, -0.2) is 25.8 Å². The second kappa shape index (κ2) is 9.41. The molecule has 0 spiro atoms. The first kappa shape index (κ1) is 23.1. The van der Waals surface area contributed by atoms with Gasteiger partial charge in [-0.2, -0.15) is 0 Å². The van der Waals surface area contributed by atoms with E-state index in [4.69, 9.17) is 16.6 Å². The maximum absolute atomic E-state index is 13.4. The Morgan fingerprint density at radius 1 is 1.21 bits per heavy atom. The summed E-state index contributed by atoms with van der Waals surface area (Å²) in [5, 5.41) is 3.24. The molecule has 33 heavy (non-hydrogen) atoms. The van der Waals surface area contributed by atoms with Gasteiger partial charge in [-0.05, 0) is 37.6 Å². The van der Waals surface area contributed by atoms with Crippen molar-refractivity contribution in [1.82, 2.24) is 14.1 Å². The normalized spacial score (nSPS) is 11.3. The molecular formula is C24H22ClFN4O2S. The van der Waals surface area contributed by atoms with Gasteiger partial charge in [0.2, 0.25) is 5.91 Å². The molecule has 0 saturated heterocycles. The summed E-state index contributed by atoms with van der Waals surface area (Å²) in [7, 11) is 1.83. The summed E-state index contributed by atoms with van der Waals surface area (Å²) in [5.41, 5.74) is 3.07. The molecule has 0 fully saturated rings. The Hall–Kier alpha value is -3.10. The second-order valence-electron chi connectivity index (χ2n) is 7.84. The van der Waals surface area contributed by atoms with Crippen LogP contribution in [0.15, 0.2) is 64.7 Å². The van der Waals surface area contributed by atoms with Crippen molar-refractivity contribution in [3.63, 3.8) is 0 Å². The molecular weight excluding hydrogens is 463 g/mol. The molecule has 170 valence electrons. The number of rotatable bonds is 6. The molecule has 4 rings (SSSR count). The van der Waals surface area contributed by atoms with Gasteiger partial charge in [-0.15, -0.1) is 0 Å². The van der Waals surface area contributed by atoms with E-state index in [1.807, 2.05) is 57.4 Å². The van der Waals surface area contributed by atoms with Crippen molar-refractivity contribution in [2.45, 2.75) is 25.0 Å². The number of carbonyl (C=O) groups is 1. The molecule has 0 radical (unpaired) electrons. The Bertz CT molecular complexity index is 1400. The van der Waals surface area contributed by atoms with Gasteiger partial charge in [0.15, 0.2) is 5.16 Å². The van der Waals surface area contributed by atoms with Crippen LogP contribution in [0, 0.1) is 5.82 Å². The number of nitrogens with zero attached hydrogens (tertiary/aromatic N) is 3. The summed E-state index contributed by atoms with van der Waals surface area (Å²) in [5.74, 6) is -0.816. The molecule has 1 amide bonds. The third-order valence-corrected chi connectivity index (χ3v) is 6.39. The number of halogens is 2. The second-order valence-corrected chi connectivity index (χ2v) is 9.19. The highest BCUT2D eigenvalue weighted by molar-refractivity contribution is 7.99. The fourth-order valence-electron chi connectivity index (χ4n) is 3.62. The Balaban J connectivity index is 1.69. The van der Waals surface area contributed by atoms with Gasteiger partial charge in [-0.1, -0.05) is 53.7 Å². The molecule has 4 aromatic rings. The number of fused-ring (bicyclic) bond motifs is 1. The highest BCUT2D eigenvalue weighted by Gasteiger charge is 2.21. The zero-order valence-corrected chi connectivity index (χ0v) is 19.9. The van der Waals surface area contributed by atoms with E-state index in [1.54, 1.807) is 9.13 Å². The molecule has 0 aliphatic rings. The minimum absolute atomic E-state index is 0.00583. The molecule has 2 heterocycles. The summed E-state index contributed by atoms with van der Waals surface area (Å²) < 4.78 is 16.6. The smallest absolute Gasteiger partial charge is 0.278 e. The van der Waals surface area contributed by atoms with Crippen LogP contribution < -0.4 is 10.9 Å². The van der Waals surface area contributed by atoms with Gasteiger partial charge >= 0.3 is 0 Å². The largest absolute Gasteiger partial charge is 0.344 e. The van der Waals surface area contributed by atoms with E-state index in [0.717, 1.165) is 17.2 Å². The quantitative estimate of drug-likeness (QED) is 0.289. The fraction of sp³-hybridized carbons (Fsp3) is 0.208. The molecule has 2 aromatic carbocycles. The predicted molar refractivity (Wildman–Crippen MR) is 132 cm³/mol. The van der Waals surface area contributed by atoms with Crippen molar-refractivity contribution >= 4 is 46.0 Å². The third kappa shape index (κ3) is 4.67. The lowest BCUT2D eigenvalue weighted by atomic mass is 10.1. The molecule has 9 heteroatoms. The maximum atomic E-state index is 13.4. The van der Waals surface area contributed by atoms with E-state index in [1.165, 1.54) is 23.9 Å². The predicted octanol–water partition coefficient (Wildman–Crippen LogP) is 5.51. The standard InChI is InChI=1S/C24H22ClFN4O2S/c1-14(2)30-23(32)22-21(17(12-29(22)3)15-7-5-4-6-8-15)28-24(30)33-13-20(31)27-19-10-9-16(26)11-18(19)25/h4-12,14H,13H2,1-3H3,(H,27,31). The third-order valence-electron chi connectivity index (χ3n) is 5.13. The van der Waals surface area contributed by atoms with Gasteiger partial charge in [-0.25, -0.2) is 9.37 Å². The van der Waals surface area contributed by atoms with Crippen molar-refractivity contribution in [3.8, 4) is 11.1 Å². The molecule has 6 nitrogen and oxygen atoms in total. The van der Waals surface area contributed by atoms with Crippen LogP contribution in [0.2, 0.25) is 5.02 Å². The first-order chi connectivity index (χ1) is 15.8. The Morgan fingerprint density at radius 2 is 1.94 bits per heavy atom. The number of carbonyl (C=O) groups excluding carboxylic acids is 1. The Kier molecular flexibility index (Phi) is 6.58. The van der Waals surface area contributed by atoms with E-state index in [0.29, 0.717) is 21.9 Å². The molecule has 0 unspecified atom stereocenters. The first-order valence-corrected chi connectivity index (χ1v) is 11.7. The summed E-state index contributed by atoms with van der Waals surface area (Å²) in [6, 6.07) is 13.4. The van der Waals surface area contributed by atoms with Crippen LogP contribution in [0.4, 0.5) is 10.1 Å². The van der Waals surface area contributed by atoms with Gasteiger partial charge in [0, 0.05) is 24.8 Å². The highest BCUT2D eigenvalue weighted by atomic mass is 35.5. The highest BCUT2D eigenvalue weighted by Crippen LogP contribution is 2.30. The van der Waals surface area contributed by atoms with Crippen molar-refractivity contribution in [2.24, 2.45) is 7.05 Å². The van der Waals surface area contributed by atoms with Crippen molar-refractivity contribution in [3.05, 3.63) is 75.9 Å². The van der Waals surface area contributed by atoms with Crippen molar-refractivity contribution in [2.75, 3.05) is 11.1 Å². The van der Waals surface area contributed by atoms with E-state index >= 15 is 0 Å².